The van der Waals surface area contributed by atoms with Crippen molar-refractivity contribution < 1.29 is 38.2 Å². The Labute approximate surface area is 306 Å². The Morgan fingerprint density at radius 2 is 1.87 bits per heavy atom. The van der Waals surface area contributed by atoms with Gasteiger partial charge in [0.15, 0.2) is 11.8 Å². The molecule has 1 aliphatic carbocycles. The van der Waals surface area contributed by atoms with E-state index in [4.69, 9.17) is 30.4 Å². The number of aliphatic hydroxyl groups is 1. The predicted octanol–water partition coefficient (Wildman–Crippen LogP) is 4.75. The number of nitrogens with zero attached hydrogens (tertiary/aromatic N) is 4. The van der Waals surface area contributed by atoms with Crippen LogP contribution < -0.4 is 14.8 Å². The first-order chi connectivity index (χ1) is 25.2. The minimum Gasteiger partial charge on any atom is -0.488 e. The molecule has 52 heavy (non-hydrogen) atoms. The molecular formula is C38H43ClFN5O7. The van der Waals surface area contributed by atoms with Gasteiger partial charge in [0.2, 0.25) is 0 Å². The minimum atomic E-state index is -1.55. The van der Waals surface area contributed by atoms with Crippen LogP contribution in [-0.2, 0) is 22.7 Å². The van der Waals surface area contributed by atoms with Crippen molar-refractivity contribution in [1.82, 2.24) is 25.4 Å². The standard InChI is InChI=1S/C38H43ClFN5O7/c1-44-14-16-45(17-15-44)13-6-18-51-38(12-5-9-29(36(38)40)27-7-3-2-4-8-27)25-50-35-21-34(28(20-30(35)39)22-41-33(23-46)37(47)48)49-24-26-10-11-31-32(19-26)43-52-42-31/h2-5,7-12,19-21,33,36,41,46H,6,13-18,22-25H2,1H3,(H,47,48). The molecule has 2 heterocycles. The van der Waals surface area contributed by atoms with Gasteiger partial charge in [0.1, 0.15) is 41.8 Å². The largest absolute Gasteiger partial charge is 0.488 e. The number of fused-ring (bicyclic) bond motifs is 1. The van der Waals surface area contributed by atoms with Crippen LogP contribution in [0.25, 0.3) is 16.6 Å². The summed E-state index contributed by atoms with van der Waals surface area (Å²) in [5, 5.41) is 29.7. The molecule has 3 atom stereocenters. The zero-order chi connectivity index (χ0) is 36.5. The van der Waals surface area contributed by atoms with Crippen molar-refractivity contribution in [3.63, 3.8) is 0 Å². The lowest BCUT2D eigenvalue weighted by Crippen LogP contribution is -2.48. The number of aliphatic hydroxyl groups excluding tert-OH is 1. The van der Waals surface area contributed by atoms with Gasteiger partial charge in [-0.05, 0) is 64.8 Å². The average Bonchev–Trinajstić information content (AvgIpc) is 3.63. The highest BCUT2D eigenvalue weighted by molar-refractivity contribution is 6.32. The van der Waals surface area contributed by atoms with Crippen LogP contribution in [0.4, 0.5) is 4.39 Å². The number of hydrogen-bond acceptors (Lipinski definition) is 11. The molecule has 6 rings (SSSR count). The van der Waals surface area contributed by atoms with E-state index in [9.17, 15) is 15.0 Å². The van der Waals surface area contributed by atoms with Gasteiger partial charge in [0.25, 0.3) is 0 Å². The Morgan fingerprint density at radius 1 is 1.08 bits per heavy atom. The predicted molar refractivity (Wildman–Crippen MR) is 194 cm³/mol. The maximum Gasteiger partial charge on any atom is 0.323 e. The van der Waals surface area contributed by atoms with Crippen LogP contribution >= 0.6 is 11.6 Å². The van der Waals surface area contributed by atoms with E-state index < -0.39 is 30.4 Å². The molecule has 1 aliphatic heterocycles. The maximum absolute atomic E-state index is 16.8. The van der Waals surface area contributed by atoms with Crippen molar-refractivity contribution in [3.05, 3.63) is 101 Å². The number of nitrogens with one attached hydrogen (secondary N) is 1. The van der Waals surface area contributed by atoms with Crippen LogP contribution in [0.1, 0.15) is 23.1 Å². The van der Waals surface area contributed by atoms with Gasteiger partial charge in [-0.1, -0.05) is 60.2 Å². The van der Waals surface area contributed by atoms with Crippen LogP contribution in [0.3, 0.4) is 0 Å². The molecule has 1 saturated heterocycles. The minimum absolute atomic E-state index is 0.0139. The molecule has 12 nitrogen and oxygen atoms in total. The maximum atomic E-state index is 16.8. The first-order valence-corrected chi connectivity index (χ1v) is 17.6. The van der Waals surface area contributed by atoms with Crippen molar-refractivity contribution in [2.45, 2.75) is 37.4 Å². The lowest BCUT2D eigenvalue weighted by molar-refractivity contribution is -0.140. The summed E-state index contributed by atoms with van der Waals surface area (Å²) >= 11 is 6.76. The molecule has 276 valence electrons. The molecule has 1 fully saturated rings. The topological polar surface area (TPSA) is 143 Å². The van der Waals surface area contributed by atoms with Crippen molar-refractivity contribution >= 4 is 34.2 Å². The van der Waals surface area contributed by atoms with Crippen molar-refractivity contribution in [1.29, 1.82) is 0 Å². The van der Waals surface area contributed by atoms with E-state index in [1.54, 1.807) is 42.5 Å². The molecule has 14 heteroatoms. The molecule has 1 aromatic heterocycles. The van der Waals surface area contributed by atoms with Gasteiger partial charge in [0.05, 0.1) is 11.6 Å². The number of aliphatic carboxylic acids is 1. The summed E-state index contributed by atoms with van der Waals surface area (Å²) in [6.07, 6.45) is 4.44. The third kappa shape index (κ3) is 9.16. The van der Waals surface area contributed by atoms with E-state index in [1.807, 2.05) is 36.4 Å². The van der Waals surface area contributed by atoms with Crippen LogP contribution in [0, 0.1) is 0 Å². The Bertz CT molecular complexity index is 1870. The fraction of sp³-hybridized carbons (Fsp3) is 0.395. The molecule has 4 aromatic rings. The molecule has 2 aliphatic rings. The van der Waals surface area contributed by atoms with Crippen molar-refractivity contribution in [3.8, 4) is 11.5 Å². The fourth-order valence-corrected chi connectivity index (χ4v) is 6.46. The number of benzene rings is 3. The van der Waals surface area contributed by atoms with Crippen LogP contribution in [-0.4, -0.2) is 114 Å². The lowest BCUT2D eigenvalue weighted by Gasteiger charge is -2.37. The number of rotatable bonds is 17. The second-order valence-corrected chi connectivity index (χ2v) is 13.4. The number of allylic oxidation sites excluding steroid dienone is 2. The van der Waals surface area contributed by atoms with Crippen LogP contribution in [0.2, 0.25) is 5.02 Å². The first-order valence-electron chi connectivity index (χ1n) is 17.2. The number of piperazine rings is 1. The summed E-state index contributed by atoms with van der Waals surface area (Å²) in [7, 11) is 2.12. The number of halogens is 2. The van der Waals surface area contributed by atoms with Gasteiger partial charge in [-0.15, -0.1) is 0 Å². The van der Waals surface area contributed by atoms with Crippen molar-refractivity contribution in [2.75, 3.05) is 59.6 Å². The Kier molecular flexibility index (Phi) is 12.5. The van der Waals surface area contributed by atoms with E-state index in [0.29, 0.717) is 34.5 Å². The second-order valence-electron chi connectivity index (χ2n) is 13.0. The van der Waals surface area contributed by atoms with Gasteiger partial charge < -0.3 is 34.2 Å². The number of hydrogen-bond donors (Lipinski definition) is 3. The van der Waals surface area contributed by atoms with E-state index >= 15 is 4.39 Å². The highest BCUT2D eigenvalue weighted by Crippen LogP contribution is 2.39. The summed E-state index contributed by atoms with van der Waals surface area (Å²) in [6, 6.07) is 16.7. The average molecular weight is 736 g/mol. The fourth-order valence-electron chi connectivity index (χ4n) is 6.22. The molecule has 3 N–H and O–H groups in total. The molecule has 0 amide bonds. The summed E-state index contributed by atoms with van der Waals surface area (Å²) < 4.78 is 40.6. The quantitative estimate of drug-likeness (QED) is 0.129. The second kappa shape index (κ2) is 17.4. The van der Waals surface area contributed by atoms with E-state index in [0.717, 1.165) is 50.3 Å². The normalized spacial score (nSPS) is 20.2. The SMILES string of the molecule is CN1CCN(CCCOC2(COc3cc(OCc4ccc5nonc5c4)c(CNC(CO)C(=O)O)cc3Cl)C=CC=C(c3ccccc3)C2F)CC1. The number of likely N-dealkylation sites (N-methyl/N-ethyl adjacent to an activating group) is 1. The molecule has 0 radical (unpaired) electrons. The summed E-state index contributed by atoms with van der Waals surface area (Å²) in [6.45, 7) is 4.46. The molecule has 0 bridgehead atoms. The van der Waals surface area contributed by atoms with Gasteiger partial charge >= 0.3 is 5.97 Å². The molecule has 0 saturated carbocycles. The van der Waals surface area contributed by atoms with Gasteiger partial charge in [-0.3, -0.25) is 10.1 Å². The van der Waals surface area contributed by atoms with E-state index in [-0.39, 0.29) is 30.5 Å². The number of alkyl halides is 1. The van der Waals surface area contributed by atoms with Crippen LogP contribution in [0.5, 0.6) is 11.5 Å². The molecule has 0 spiro atoms. The van der Waals surface area contributed by atoms with E-state index in [2.05, 4.69) is 32.5 Å². The zero-order valence-electron chi connectivity index (χ0n) is 28.9. The third-order valence-corrected chi connectivity index (χ3v) is 9.64. The number of aromatic nitrogens is 2. The lowest BCUT2D eigenvalue weighted by atomic mass is 9.84. The smallest absolute Gasteiger partial charge is 0.323 e. The first kappa shape index (κ1) is 37.4. The Morgan fingerprint density at radius 3 is 2.63 bits per heavy atom. The van der Waals surface area contributed by atoms with Crippen molar-refractivity contribution in [2.24, 2.45) is 0 Å². The Balaban J connectivity index is 1.22. The van der Waals surface area contributed by atoms with Gasteiger partial charge in [-0.2, -0.15) is 0 Å². The zero-order valence-corrected chi connectivity index (χ0v) is 29.7. The summed E-state index contributed by atoms with van der Waals surface area (Å²) in [5.41, 5.74) is 2.23. The summed E-state index contributed by atoms with van der Waals surface area (Å²) in [4.78, 5) is 16.3. The molecule has 3 aromatic carbocycles. The highest BCUT2D eigenvalue weighted by atomic mass is 35.5. The number of carboxylic acid groups (broad SMARTS) is 1. The number of ether oxygens (including phenoxy) is 3. The third-order valence-electron chi connectivity index (χ3n) is 9.35. The van der Waals surface area contributed by atoms with E-state index in [1.165, 1.54) is 0 Å². The molecular weight excluding hydrogens is 693 g/mol. The van der Waals surface area contributed by atoms with Gasteiger partial charge in [0, 0.05) is 57.5 Å². The number of carboxylic acids is 1. The molecule has 3 unspecified atom stereocenters. The highest BCUT2D eigenvalue weighted by Gasteiger charge is 2.43. The summed E-state index contributed by atoms with van der Waals surface area (Å²) in [5.74, 6) is -0.634. The number of carbonyl (C=O) groups is 1. The Hall–Kier alpha value is -4.37. The van der Waals surface area contributed by atoms with Crippen LogP contribution in [0.15, 0.2) is 83.5 Å². The van der Waals surface area contributed by atoms with Gasteiger partial charge in [-0.25, -0.2) is 9.02 Å². The monoisotopic (exact) mass is 735 g/mol.